The molecule has 2 heterocycles. The average Bonchev–Trinajstić information content (AvgIpc) is 3.03. The van der Waals surface area contributed by atoms with Crippen molar-refractivity contribution in [3.63, 3.8) is 0 Å². The van der Waals surface area contributed by atoms with E-state index in [0.717, 1.165) is 0 Å². The molecule has 1 aromatic heterocycles. The molecule has 1 aliphatic heterocycles. The van der Waals surface area contributed by atoms with Crippen LogP contribution in [0.1, 0.15) is 30.6 Å². The van der Waals surface area contributed by atoms with E-state index < -0.39 is 11.7 Å². The van der Waals surface area contributed by atoms with Crippen LogP contribution in [0.4, 0.5) is 10.1 Å². The fraction of sp³-hybridized carbons (Fsp3) is 0.294. The fourth-order valence-corrected chi connectivity index (χ4v) is 2.81. The molecule has 0 unspecified atom stereocenters. The first-order chi connectivity index (χ1) is 11.1. The van der Waals surface area contributed by atoms with E-state index in [1.165, 1.54) is 12.1 Å². The normalized spacial score (nSPS) is 16.6. The molecular weight excluding hydrogens is 299 g/mol. The number of furan rings is 1. The summed E-state index contributed by atoms with van der Waals surface area (Å²) >= 11 is 0. The van der Waals surface area contributed by atoms with Gasteiger partial charge in [-0.2, -0.15) is 0 Å². The predicted octanol–water partition coefficient (Wildman–Crippen LogP) is 2.89. The molecule has 6 heteroatoms. The van der Waals surface area contributed by atoms with Gasteiger partial charge < -0.3 is 14.6 Å². The number of carbonyl (C=O) groups is 2. The van der Waals surface area contributed by atoms with E-state index in [1.807, 2.05) is 6.92 Å². The minimum atomic E-state index is -0.603. The van der Waals surface area contributed by atoms with Crippen molar-refractivity contribution in [2.75, 3.05) is 11.9 Å². The van der Waals surface area contributed by atoms with Gasteiger partial charge in [0, 0.05) is 18.7 Å². The third kappa shape index (κ3) is 3.11. The van der Waals surface area contributed by atoms with Crippen LogP contribution in [0.2, 0.25) is 0 Å². The minimum absolute atomic E-state index is 0.0616. The van der Waals surface area contributed by atoms with Gasteiger partial charge in [-0.15, -0.1) is 0 Å². The van der Waals surface area contributed by atoms with Crippen LogP contribution in [0.25, 0.3) is 0 Å². The molecule has 0 bridgehead atoms. The number of carbonyl (C=O) groups excluding carboxylic acids is 2. The van der Waals surface area contributed by atoms with E-state index in [4.69, 9.17) is 4.42 Å². The summed E-state index contributed by atoms with van der Waals surface area (Å²) in [5, 5.41) is 2.62. The first-order valence-corrected chi connectivity index (χ1v) is 7.49. The summed E-state index contributed by atoms with van der Waals surface area (Å²) in [6.45, 7) is 2.71. The van der Waals surface area contributed by atoms with Gasteiger partial charge in [0.15, 0.2) is 0 Å². The number of fused-ring (bicyclic) bond motifs is 1. The third-order valence-corrected chi connectivity index (χ3v) is 3.97. The van der Waals surface area contributed by atoms with Crippen LogP contribution in [-0.4, -0.2) is 23.3 Å². The summed E-state index contributed by atoms with van der Waals surface area (Å²) in [5.41, 5.74) is 1.02. The van der Waals surface area contributed by atoms with Gasteiger partial charge in [0.25, 0.3) is 0 Å². The smallest absolute Gasteiger partial charge is 0.231 e. The molecule has 1 aliphatic rings. The molecule has 2 aromatic rings. The van der Waals surface area contributed by atoms with Gasteiger partial charge >= 0.3 is 0 Å². The molecule has 0 saturated carbocycles. The molecule has 23 heavy (non-hydrogen) atoms. The van der Waals surface area contributed by atoms with Crippen molar-refractivity contribution in [2.24, 2.45) is 0 Å². The zero-order valence-electron chi connectivity index (χ0n) is 12.7. The Kier molecular flexibility index (Phi) is 4.14. The molecule has 0 aliphatic carbocycles. The molecule has 2 amide bonds. The number of likely N-dealkylation sites (N-methyl/N-ethyl adjacent to an activating group) is 1. The highest BCUT2D eigenvalue weighted by atomic mass is 19.1. The fourth-order valence-electron chi connectivity index (χ4n) is 2.81. The number of hydrogen-bond acceptors (Lipinski definition) is 3. The monoisotopic (exact) mass is 316 g/mol. The van der Waals surface area contributed by atoms with Gasteiger partial charge in [0.05, 0.1) is 18.7 Å². The largest absolute Gasteiger partial charge is 0.467 e. The van der Waals surface area contributed by atoms with Crippen LogP contribution in [-0.2, 0) is 16.1 Å². The number of benzene rings is 1. The number of nitrogens with one attached hydrogen (secondary N) is 1. The number of rotatable bonds is 4. The molecule has 0 fully saturated rings. The molecule has 0 radical (unpaired) electrons. The second-order valence-electron chi connectivity index (χ2n) is 5.47. The van der Waals surface area contributed by atoms with Gasteiger partial charge in [-0.1, -0.05) is 6.07 Å². The molecule has 1 aromatic carbocycles. The van der Waals surface area contributed by atoms with Gasteiger partial charge in [-0.3, -0.25) is 9.59 Å². The topological polar surface area (TPSA) is 62.6 Å². The van der Waals surface area contributed by atoms with Crippen LogP contribution in [0.15, 0.2) is 41.0 Å². The van der Waals surface area contributed by atoms with Crippen LogP contribution >= 0.6 is 0 Å². The Balaban J connectivity index is 1.88. The Hall–Kier alpha value is -2.63. The van der Waals surface area contributed by atoms with E-state index in [9.17, 15) is 14.0 Å². The molecule has 1 atom stereocenters. The maximum absolute atomic E-state index is 13.4. The zero-order chi connectivity index (χ0) is 16.4. The van der Waals surface area contributed by atoms with Crippen LogP contribution in [0, 0.1) is 5.82 Å². The maximum Gasteiger partial charge on any atom is 0.231 e. The molecule has 3 rings (SSSR count). The molecule has 1 N–H and O–H groups in total. The van der Waals surface area contributed by atoms with E-state index >= 15 is 0 Å². The molecule has 120 valence electrons. The SMILES string of the molecule is CCN(Cc1ccco1)C(=O)[C@H]1CC(=O)Nc2cc(F)ccc21. The van der Waals surface area contributed by atoms with Crippen molar-refractivity contribution < 1.29 is 18.4 Å². The van der Waals surface area contributed by atoms with Gasteiger partial charge in [0.1, 0.15) is 11.6 Å². The second-order valence-corrected chi connectivity index (χ2v) is 5.47. The highest BCUT2D eigenvalue weighted by molar-refractivity contribution is 6.01. The molecule has 0 spiro atoms. The van der Waals surface area contributed by atoms with E-state index in [0.29, 0.717) is 30.1 Å². The zero-order valence-corrected chi connectivity index (χ0v) is 12.7. The lowest BCUT2D eigenvalue weighted by atomic mass is 9.89. The van der Waals surface area contributed by atoms with Crippen molar-refractivity contribution in [1.29, 1.82) is 0 Å². The molecule has 5 nitrogen and oxygen atoms in total. The van der Waals surface area contributed by atoms with Gasteiger partial charge in [-0.25, -0.2) is 4.39 Å². The third-order valence-electron chi connectivity index (χ3n) is 3.97. The average molecular weight is 316 g/mol. The maximum atomic E-state index is 13.4. The Morgan fingerprint density at radius 2 is 2.26 bits per heavy atom. The standard InChI is InChI=1S/C17H17FN2O3/c1-2-20(10-12-4-3-7-23-12)17(22)14-9-16(21)19-15-8-11(18)5-6-13(14)15/h3-8,14H,2,9-10H2,1H3,(H,19,21)/t14-/m0/s1. The van der Waals surface area contributed by atoms with Crippen molar-refractivity contribution in [3.8, 4) is 0 Å². The molecule has 0 saturated heterocycles. The summed E-state index contributed by atoms with van der Waals surface area (Å²) in [6.07, 6.45) is 1.62. The summed E-state index contributed by atoms with van der Waals surface area (Å²) in [6, 6.07) is 7.68. The summed E-state index contributed by atoms with van der Waals surface area (Å²) in [4.78, 5) is 26.4. The van der Waals surface area contributed by atoms with Crippen LogP contribution in [0.3, 0.4) is 0 Å². The highest BCUT2D eigenvalue weighted by Gasteiger charge is 2.33. The first kappa shape index (κ1) is 15.3. The Bertz CT molecular complexity index is 727. The lowest BCUT2D eigenvalue weighted by molar-refractivity contribution is -0.135. The number of nitrogens with zero attached hydrogens (tertiary/aromatic N) is 1. The lowest BCUT2D eigenvalue weighted by Gasteiger charge is -2.29. The highest BCUT2D eigenvalue weighted by Crippen LogP contribution is 2.34. The Labute approximate surface area is 133 Å². The quantitative estimate of drug-likeness (QED) is 0.943. The summed E-state index contributed by atoms with van der Waals surface area (Å²) in [7, 11) is 0. The predicted molar refractivity (Wildman–Crippen MR) is 82.2 cm³/mol. The van der Waals surface area contributed by atoms with E-state index in [2.05, 4.69) is 5.32 Å². The van der Waals surface area contributed by atoms with Crippen molar-refractivity contribution >= 4 is 17.5 Å². The lowest BCUT2D eigenvalue weighted by Crippen LogP contribution is -2.38. The van der Waals surface area contributed by atoms with Gasteiger partial charge in [0.2, 0.25) is 11.8 Å². The number of anilines is 1. The van der Waals surface area contributed by atoms with Gasteiger partial charge in [-0.05, 0) is 36.8 Å². The second kappa shape index (κ2) is 6.24. The van der Waals surface area contributed by atoms with E-state index in [1.54, 1.807) is 29.4 Å². The minimum Gasteiger partial charge on any atom is -0.467 e. The Morgan fingerprint density at radius 3 is 2.96 bits per heavy atom. The van der Waals surface area contributed by atoms with Crippen molar-refractivity contribution in [3.05, 3.63) is 53.7 Å². The van der Waals surface area contributed by atoms with Crippen LogP contribution < -0.4 is 5.32 Å². The summed E-state index contributed by atoms with van der Waals surface area (Å²) in [5.74, 6) is -0.809. The number of hydrogen-bond donors (Lipinski definition) is 1. The molecular formula is C17H17FN2O3. The Morgan fingerprint density at radius 1 is 1.43 bits per heavy atom. The van der Waals surface area contributed by atoms with E-state index in [-0.39, 0.29) is 18.2 Å². The first-order valence-electron chi connectivity index (χ1n) is 7.49. The van der Waals surface area contributed by atoms with Crippen molar-refractivity contribution in [1.82, 2.24) is 4.90 Å². The summed E-state index contributed by atoms with van der Waals surface area (Å²) < 4.78 is 18.7. The number of halogens is 1. The van der Waals surface area contributed by atoms with Crippen LogP contribution in [0.5, 0.6) is 0 Å². The van der Waals surface area contributed by atoms with Crippen molar-refractivity contribution in [2.45, 2.75) is 25.8 Å². The number of amides is 2.